The number of unbranched alkanes of at least 4 members (excludes halogenated alkanes) is 3. The van der Waals surface area contributed by atoms with Crippen LogP contribution in [0.2, 0.25) is 0 Å². The maximum atomic E-state index is 12.1. The molecule has 0 aromatic heterocycles. The summed E-state index contributed by atoms with van der Waals surface area (Å²) in [6, 6.07) is 9.87. The highest BCUT2D eigenvalue weighted by Gasteiger charge is 2.30. The molecule has 0 aliphatic carbocycles. The highest BCUT2D eigenvalue weighted by Crippen LogP contribution is 2.47. The molecular weight excluding hydrogens is 324 g/mol. The largest absolute Gasteiger partial charge is 0.459 e. The number of nitriles is 1. The second kappa shape index (κ2) is 9.36. The van der Waals surface area contributed by atoms with E-state index in [0.717, 1.165) is 36.4 Å². The number of anilines is 1. The third-order valence-electron chi connectivity index (χ3n) is 3.70. The van der Waals surface area contributed by atoms with Gasteiger partial charge in [-0.25, -0.2) is 4.79 Å². The number of nitrogens with zero attached hydrogens (tertiary/aromatic N) is 2. The van der Waals surface area contributed by atoms with Crippen molar-refractivity contribution in [1.29, 1.82) is 5.26 Å². The van der Waals surface area contributed by atoms with Crippen molar-refractivity contribution in [2.75, 3.05) is 24.7 Å². The van der Waals surface area contributed by atoms with Gasteiger partial charge in [0.1, 0.15) is 17.7 Å². The lowest BCUT2D eigenvalue weighted by molar-refractivity contribution is -0.139. The first-order chi connectivity index (χ1) is 11.7. The predicted octanol–water partition coefficient (Wildman–Crippen LogP) is 3.45. The molecule has 1 N–H and O–H groups in total. The van der Waals surface area contributed by atoms with Crippen molar-refractivity contribution in [3.8, 4) is 6.07 Å². The number of aliphatic hydroxyl groups is 1. The second-order valence-electron chi connectivity index (χ2n) is 5.43. The first-order valence-corrected chi connectivity index (χ1v) is 9.01. The Morgan fingerprint density at radius 1 is 1.33 bits per heavy atom. The van der Waals surface area contributed by atoms with Gasteiger partial charge in [-0.3, -0.25) is 0 Å². The van der Waals surface area contributed by atoms with Crippen molar-refractivity contribution in [2.45, 2.75) is 37.5 Å². The minimum atomic E-state index is -0.680. The Morgan fingerprint density at radius 2 is 2.12 bits per heavy atom. The molecule has 0 saturated carbocycles. The molecule has 6 heteroatoms. The van der Waals surface area contributed by atoms with Crippen LogP contribution < -0.4 is 4.90 Å². The maximum Gasteiger partial charge on any atom is 0.351 e. The van der Waals surface area contributed by atoms with E-state index in [1.807, 2.05) is 35.2 Å². The number of hydrogen-bond donors (Lipinski definition) is 1. The second-order valence-corrected chi connectivity index (χ2v) is 6.46. The van der Waals surface area contributed by atoms with Crippen molar-refractivity contribution in [3.05, 3.63) is 34.9 Å². The van der Waals surface area contributed by atoms with E-state index in [1.165, 1.54) is 18.2 Å². The molecule has 5 nitrogen and oxygen atoms in total. The Hall–Kier alpha value is -1.97. The van der Waals surface area contributed by atoms with Crippen LogP contribution in [-0.2, 0) is 9.53 Å². The fraction of sp³-hybridized carbons (Fsp3) is 0.444. The van der Waals surface area contributed by atoms with Crippen LogP contribution in [0.25, 0.3) is 0 Å². The number of hydrogen-bond acceptors (Lipinski definition) is 6. The Labute approximate surface area is 146 Å². The average Bonchev–Trinajstić information content (AvgIpc) is 2.96. The fourth-order valence-electron chi connectivity index (χ4n) is 2.53. The van der Waals surface area contributed by atoms with E-state index in [1.54, 1.807) is 0 Å². The van der Waals surface area contributed by atoms with Crippen molar-refractivity contribution in [2.24, 2.45) is 0 Å². The molecule has 1 aromatic rings. The summed E-state index contributed by atoms with van der Waals surface area (Å²) in [5, 5.41) is 18.9. The third kappa shape index (κ3) is 4.31. The van der Waals surface area contributed by atoms with E-state index in [0.29, 0.717) is 5.03 Å². The summed E-state index contributed by atoms with van der Waals surface area (Å²) in [6.07, 6.45) is 4.44. The average molecular weight is 346 g/mol. The monoisotopic (exact) mass is 346 g/mol. The summed E-state index contributed by atoms with van der Waals surface area (Å²) >= 11 is 1.42. The molecule has 1 aliphatic heterocycles. The number of rotatable bonds is 8. The fourth-order valence-corrected chi connectivity index (χ4v) is 3.70. The van der Waals surface area contributed by atoms with E-state index in [9.17, 15) is 10.1 Å². The molecule has 0 saturated heterocycles. The van der Waals surface area contributed by atoms with Crippen LogP contribution in [0.4, 0.5) is 5.69 Å². The molecule has 0 atom stereocenters. The minimum absolute atomic E-state index is 0.000131. The van der Waals surface area contributed by atoms with Crippen molar-refractivity contribution >= 4 is 23.4 Å². The summed E-state index contributed by atoms with van der Waals surface area (Å²) in [5.74, 6) is -0.680. The molecule has 128 valence electrons. The van der Waals surface area contributed by atoms with Gasteiger partial charge in [-0.15, -0.1) is 0 Å². The van der Waals surface area contributed by atoms with Gasteiger partial charge in [0.05, 0.1) is 12.3 Å². The molecule has 2 rings (SSSR count). The van der Waals surface area contributed by atoms with Crippen LogP contribution in [0.15, 0.2) is 39.8 Å². The van der Waals surface area contributed by atoms with Crippen LogP contribution in [-0.4, -0.2) is 30.8 Å². The van der Waals surface area contributed by atoms with E-state index in [2.05, 4.69) is 6.92 Å². The zero-order chi connectivity index (χ0) is 17.4. The summed E-state index contributed by atoms with van der Waals surface area (Å²) in [5.41, 5.74) is 1.02. The predicted molar refractivity (Wildman–Crippen MR) is 94.5 cm³/mol. The summed E-state index contributed by atoms with van der Waals surface area (Å²) < 4.78 is 4.94. The van der Waals surface area contributed by atoms with Gasteiger partial charge >= 0.3 is 5.97 Å². The molecule has 1 aromatic carbocycles. The minimum Gasteiger partial charge on any atom is -0.459 e. The zero-order valence-corrected chi connectivity index (χ0v) is 14.6. The SMILES string of the molecule is CCCCCCN1C(=C(C#N)C(=O)OCCO)Sc2ccccc21. The number of thioether (sulfide) groups is 1. The Morgan fingerprint density at radius 3 is 2.83 bits per heavy atom. The highest BCUT2D eigenvalue weighted by molar-refractivity contribution is 8.03. The van der Waals surface area contributed by atoms with E-state index >= 15 is 0 Å². The van der Waals surface area contributed by atoms with Gasteiger partial charge in [0.15, 0.2) is 5.57 Å². The molecule has 0 spiro atoms. The highest BCUT2D eigenvalue weighted by atomic mass is 32.2. The normalized spacial score (nSPS) is 15.0. The van der Waals surface area contributed by atoms with Crippen LogP contribution >= 0.6 is 11.8 Å². The standard InChI is InChI=1S/C18H22N2O3S/c1-2-3-4-7-10-20-15-8-5-6-9-16(15)24-17(20)14(13-19)18(22)23-12-11-21/h5-6,8-9,21H,2-4,7,10-12H2,1H3. The first kappa shape index (κ1) is 18.4. The third-order valence-corrected chi connectivity index (χ3v) is 4.88. The molecule has 0 amide bonds. The number of esters is 1. The molecule has 0 fully saturated rings. The number of ether oxygens (including phenoxy) is 1. The summed E-state index contributed by atoms with van der Waals surface area (Å²) in [4.78, 5) is 15.2. The molecule has 1 aliphatic rings. The van der Waals surface area contributed by atoms with Crippen LogP contribution in [0.3, 0.4) is 0 Å². The van der Waals surface area contributed by atoms with Crippen LogP contribution in [0, 0.1) is 11.3 Å². The van der Waals surface area contributed by atoms with Crippen molar-refractivity contribution < 1.29 is 14.6 Å². The first-order valence-electron chi connectivity index (χ1n) is 8.19. The Balaban J connectivity index is 2.27. The molecule has 0 radical (unpaired) electrons. The van der Waals surface area contributed by atoms with Gasteiger partial charge in [0, 0.05) is 11.4 Å². The lowest BCUT2D eigenvalue weighted by atomic mass is 10.2. The van der Waals surface area contributed by atoms with Gasteiger partial charge in [-0.1, -0.05) is 50.1 Å². The van der Waals surface area contributed by atoms with Crippen LogP contribution in [0.1, 0.15) is 32.6 Å². The Bertz CT molecular complexity index is 652. The molecule has 1 heterocycles. The number of benzene rings is 1. The van der Waals surface area contributed by atoms with Crippen molar-refractivity contribution in [3.63, 3.8) is 0 Å². The van der Waals surface area contributed by atoms with Crippen LogP contribution in [0.5, 0.6) is 0 Å². The van der Waals surface area contributed by atoms with E-state index < -0.39 is 5.97 Å². The summed E-state index contributed by atoms with van der Waals surface area (Å²) in [6.45, 7) is 2.56. The molecule has 0 unspecified atom stereocenters. The van der Waals surface area contributed by atoms with Gasteiger partial charge < -0.3 is 14.7 Å². The zero-order valence-electron chi connectivity index (χ0n) is 13.8. The van der Waals surface area contributed by atoms with Gasteiger partial charge in [0.25, 0.3) is 0 Å². The van der Waals surface area contributed by atoms with Gasteiger partial charge in [-0.05, 0) is 18.6 Å². The van der Waals surface area contributed by atoms with E-state index in [4.69, 9.17) is 9.84 Å². The molecule has 24 heavy (non-hydrogen) atoms. The van der Waals surface area contributed by atoms with Gasteiger partial charge in [-0.2, -0.15) is 5.26 Å². The Kier molecular flexibility index (Phi) is 7.16. The molecule has 0 bridgehead atoms. The van der Waals surface area contributed by atoms with Crippen molar-refractivity contribution in [1.82, 2.24) is 0 Å². The quantitative estimate of drug-likeness (QED) is 0.336. The maximum absolute atomic E-state index is 12.1. The number of aliphatic hydroxyl groups excluding tert-OH is 1. The number of carbonyl (C=O) groups is 1. The lowest BCUT2D eigenvalue weighted by Gasteiger charge is -2.21. The number of fused-ring (bicyclic) bond motifs is 1. The smallest absolute Gasteiger partial charge is 0.351 e. The van der Waals surface area contributed by atoms with E-state index in [-0.39, 0.29) is 18.8 Å². The van der Waals surface area contributed by atoms with Gasteiger partial charge in [0.2, 0.25) is 0 Å². The topological polar surface area (TPSA) is 73.6 Å². The lowest BCUT2D eigenvalue weighted by Crippen LogP contribution is -2.23. The number of para-hydroxylation sites is 1. The summed E-state index contributed by atoms with van der Waals surface area (Å²) in [7, 11) is 0. The molecular formula is C18H22N2O3S. The number of carbonyl (C=O) groups excluding carboxylic acids is 1.